The van der Waals surface area contributed by atoms with Crippen LogP contribution in [0, 0.1) is 0 Å². The number of hydrogen-bond donors (Lipinski definition) is 2. The molecule has 0 aliphatic carbocycles. The summed E-state index contributed by atoms with van der Waals surface area (Å²) in [7, 11) is 0. The topological polar surface area (TPSA) is 41.1 Å². The van der Waals surface area contributed by atoms with E-state index < -0.39 is 24.7 Å². The lowest BCUT2D eigenvalue weighted by Gasteiger charge is -2.12. The van der Waals surface area contributed by atoms with Gasteiger partial charge in [0.2, 0.25) is 5.91 Å². The molecule has 0 aromatic carbocycles. The number of alkyl halides is 3. The Balaban J connectivity index is 2.25. The minimum atomic E-state index is -4.33. The number of amides is 1. The number of carbonyl (C=O) groups is 1. The van der Waals surface area contributed by atoms with E-state index in [4.69, 9.17) is 0 Å². The second kappa shape index (κ2) is 3.95. The normalized spacial score (nSPS) is 23.2. The Hall–Kier alpha value is -0.780. The predicted molar refractivity (Wildman–Crippen MR) is 40.1 cm³/mol. The lowest BCUT2D eigenvalue weighted by molar-refractivity contribution is -0.139. The third-order valence-corrected chi connectivity index (χ3v) is 1.84. The van der Waals surface area contributed by atoms with E-state index in [2.05, 4.69) is 5.32 Å². The Morgan fingerprint density at radius 3 is 2.69 bits per heavy atom. The molecule has 0 saturated carbocycles. The molecule has 0 aromatic rings. The van der Waals surface area contributed by atoms with Crippen LogP contribution < -0.4 is 10.6 Å². The fraction of sp³-hybridized carbons (Fsp3) is 0.857. The fourth-order valence-corrected chi connectivity index (χ4v) is 1.22. The van der Waals surface area contributed by atoms with E-state index >= 15 is 0 Å². The molecule has 1 amide bonds. The molecule has 1 fully saturated rings. The average molecular weight is 196 g/mol. The number of halogens is 3. The number of carbonyl (C=O) groups excluding carboxylic acids is 1. The Kier molecular flexibility index (Phi) is 3.13. The van der Waals surface area contributed by atoms with E-state index in [-0.39, 0.29) is 0 Å². The van der Waals surface area contributed by atoms with Crippen molar-refractivity contribution >= 4 is 5.91 Å². The van der Waals surface area contributed by atoms with Crippen LogP contribution in [0.1, 0.15) is 12.8 Å². The largest absolute Gasteiger partial charge is 0.405 e. The summed E-state index contributed by atoms with van der Waals surface area (Å²) in [6, 6.07) is -0.442. The van der Waals surface area contributed by atoms with Crippen LogP contribution in [-0.2, 0) is 4.79 Å². The van der Waals surface area contributed by atoms with Crippen molar-refractivity contribution in [1.29, 1.82) is 0 Å². The van der Waals surface area contributed by atoms with Gasteiger partial charge in [-0.3, -0.25) is 4.79 Å². The van der Waals surface area contributed by atoms with E-state index in [1.165, 1.54) is 0 Å². The van der Waals surface area contributed by atoms with Crippen molar-refractivity contribution in [2.24, 2.45) is 0 Å². The number of nitrogens with one attached hydrogen (secondary N) is 2. The minimum Gasteiger partial charge on any atom is -0.346 e. The van der Waals surface area contributed by atoms with Crippen molar-refractivity contribution in [2.75, 3.05) is 13.1 Å². The van der Waals surface area contributed by atoms with Crippen LogP contribution >= 0.6 is 0 Å². The maximum absolute atomic E-state index is 11.7. The van der Waals surface area contributed by atoms with E-state index in [0.29, 0.717) is 13.0 Å². The quantitative estimate of drug-likeness (QED) is 0.672. The summed E-state index contributed by atoms with van der Waals surface area (Å²) in [5, 5.41) is 4.65. The Morgan fingerprint density at radius 2 is 2.23 bits per heavy atom. The Bertz CT molecular complexity index is 187. The van der Waals surface area contributed by atoms with Crippen molar-refractivity contribution in [2.45, 2.75) is 25.1 Å². The van der Waals surface area contributed by atoms with Crippen molar-refractivity contribution in [3.05, 3.63) is 0 Å². The third kappa shape index (κ3) is 3.63. The average Bonchev–Trinajstić information content (AvgIpc) is 2.50. The summed E-state index contributed by atoms with van der Waals surface area (Å²) in [5.74, 6) is -0.560. The van der Waals surface area contributed by atoms with Gasteiger partial charge < -0.3 is 10.6 Å². The van der Waals surface area contributed by atoms with E-state index in [9.17, 15) is 18.0 Å². The predicted octanol–water partition coefficient (Wildman–Crippen LogP) is 0.417. The van der Waals surface area contributed by atoms with Gasteiger partial charge in [0.05, 0.1) is 6.04 Å². The molecule has 0 radical (unpaired) electrons. The standard InChI is InChI=1S/C7H11F3N2O/c8-7(9,10)4-12-6(13)5-2-1-3-11-5/h5,11H,1-4H2,(H,12,13). The highest BCUT2D eigenvalue weighted by atomic mass is 19.4. The third-order valence-electron chi connectivity index (χ3n) is 1.84. The first kappa shape index (κ1) is 10.3. The van der Waals surface area contributed by atoms with Crippen LogP contribution in [0.3, 0.4) is 0 Å². The molecule has 1 rings (SSSR count). The second-order valence-corrected chi connectivity index (χ2v) is 2.98. The summed E-state index contributed by atoms with van der Waals surface area (Å²) in [4.78, 5) is 11.0. The van der Waals surface area contributed by atoms with Crippen LogP contribution in [-0.4, -0.2) is 31.2 Å². The van der Waals surface area contributed by atoms with Crippen molar-refractivity contribution < 1.29 is 18.0 Å². The Morgan fingerprint density at radius 1 is 1.54 bits per heavy atom. The highest BCUT2D eigenvalue weighted by molar-refractivity contribution is 5.82. The molecule has 0 aromatic heterocycles. The van der Waals surface area contributed by atoms with Crippen molar-refractivity contribution in [1.82, 2.24) is 10.6 Å². The molecule has 0 bridgehead atoms. The maximum atomic E-state index is 11.7. The number of rotatable bonds is 2. The summed E-state index contributed by atoms with van der Waals surface area (Å²) < 4.78 is 35.0. The first-order chi connectivity index (χ1) is 5.99. The van der Waals surface area contributed by atoms with Crippen molar-refractivity contribution in [3.8, 4) is 0 Å². The molecular formula is C7H11F3N2O. The molecule has 1 atom stereocenters. The molecule has 1 aliphatic heterocycles. The van der Waals surface area contributed by atoms with Gasteiger partial charge in [0.25, 0.3) is 0 Å². The van der Waals surface area contributed by atoms with Crippen LogP contribution in [0.25, 0.3) is 0 Å². The Labute approximate surface area is 73.7 Å². The van der Waals surface area contributed by atoms with Gasteiger partial charge in [-0.05, 0) is 19.4 Å². The molecule has 1 heterocycles. The van der Waals surface area contributed by atoms with Crippen LogP contribution in [0.15, 0.2) is 0 Å². The fourth-order valence-electron chi connectivity index (χ4n) is 1.22. The highest BCUT2D eigenvalue weighted by Gasteiger charge is 2.30. The van der Waals surface area contributed by atoms with Crippen LogP contribution in [0.5, 0.6) is 0 Å². The molecule has 1 saturated heterocycles. The molecule has 1 unspecified atom stereocenters. The van der Waals surface area contributed by atoms with Crippen LogP contribution in [0.2, 0.25) is 0 Å². The lowest BCUT2D eigenvalue weighted by Crippen LogP contribution is -2.43. The molecule has 2 N–H and O–H groups in total. The van der Waals surface area contributed by atoms with Crippen LogP contribution in [0.4, 0.5) is 13.2 Å². The van der Waals surface area contributed by atoms with Gasteiger partial charge in [0.1, 0.15) is 6.54 Å². The van der Waals surface area contributed by atoms with Gasteiger partial charge in [-0.1, -0.05) is 0 Å². The van der Waals surface area contributed by atoms with E-state index in [0.717, 1.165) is 6.42 Å². The van der Waals surface area contributed by atoms with Gasteiger partial charge in [-0.2, -0.15) is 13.2 Å². The lowest BCUT2D eigenvalue weighted by atomic mass is 10.2. The molecule has 3 nitrogen and oxygen atoms in total. The minimum absolute atomic E-state index is 0.442. The highest BCUT2D eigenvalue weighted by Crippen LogP contribution is 2.12. The summed E-state index contributed by atoms with van der Waals surface area (Å²) in [6.07, 6.45) is -2.87. The zero-order chi connectivity index (χ0) is 9.90. The van der Waals surface area contributed by atoms with E-state index in [1.807, 2.05) is 5.32 Å². The SMILES string of the molecule is O=C(NCC(F)(F)F)C1CCCN1. The first-order valence-electron chi connectivity index (χ1n) is 4.07. The zero-order valence-corrected chi connectivity index (χ0v) is 6.95. The first-order valence-corrected chi connectivity index (χ1v) is 4.07. The summed E-state index contributed by atoms with van der Waals surface area (Å²) in [5.41, 5.74) is 0. The smallest absolute Gasteiger partial charge is 0.346 e. The zero-order valence-electron chi connectivity index (χ0n) is 6.95. The molecule has 0 spiro atoms. The summed E-state index contributed by atoms with van der Waals surface area (Å²) >= 11 is 0. The molecule has 6 heteroatoms. The molecular weight excluding hydrogens is 185 g/mol. The number of hydrogen-bond acceptors (Lipinski definition) is 2. The monoisotopic (exact) mass is 196 g/mol. The van der Waals surface area contributed by atoms with Gasteiger partial charge >= 0.3 is 6.18 Å². The second-order valence-electron chi connectivity index (χ2n) is 2.98. The molecule has 1 aliphatic rings. The molecule has 13 heavy (non-hydrogen) atoms. The van der Waals surface area contributed by atoms with E-state index in [1.54, 1.807) is 0 Å². The van der Waals surface area contributed by atoms with Gasteiger partial charge in [-0.25, -0.2) is 0 Å². The molecule has 76 valence electrons. The van der Waals surface area contributed by atoms with Crippen molar-refractivity contribution in [3.63, 3.8) is 0 Å². The van der Waals surface area contributed by atoms with Gasteiger partial charge in [-0.15, -0.1) is 0 Å². The van der Waals surface area contributed by atoms with Gasteiger partial charge in [0.15, 0.2) is 0 Å². The van der Waals surface area contributed by atoms with Gasteiger partial charge in [0, 0.05) is 0 Å². The summed E-state index contributed by atoms with van der Waals surface area (Å²) in [6.45, 7) is -0.548. The maximum Gasteiger partial charge on any atom is 0.405 e.